The molecule has 2 aromatic rings. The van der Waals surface area contributed by atoms with Gasteiger partial charge in [0.1, 0.15) is 11.5 Å². The number of ether oxygens (including phenoxy) is 2. The van der Waals surface area contributed by atoms with Crippen LogP contribution in [0.3, 0.4) is 0 Å². The Bertz CT molecular complexity index is 486. The van der Waals surface area contributed by atoms with Crippen LogP contribution in [0.15, 0.2) is 48.5 Å². The van der Waals surface area contributed by atoms with E-state index < -0.39 is 16.6 Å². The summed E-state index contributed by atoms with van der Waals surface area (Å²) >= 11 is 0. The molecule has 2 nitrogen and oxygen atoms in total. The first-order valence-corrected chi connectivity index (χ1v) is 11.6. The maximum absolute atomic E-state index is 5.23. The second kappa shape index (κ2) is 6.77. The van der Waals surface area contributed by atoms with Crippen LogP contribution in [0.2, 0.25) is 13.1 Å². The van der Waals surface area contributed by atoms with E-state index in [-0.39, 0.29) is 0 Å². The highest BCUT2D eigenvalue weighted by molar-refractivity contribution is 7.32. The molecule has 2 aromatic carbocycles. The van der Waals surface area contributed by atoms with Gasteiger partial charge in [-0.2, -0.15) is 0 Å². The highest BCUT2D eigenvalue weighted by Gasteiger charge is 2.20. The summed E-state index contributed by atoms with van der Waals surface area (Å²) in [6, 6.07) is 17.1. The Morgan fingerprint density at radius 3 is 1.15 bits per heavy atom. The van der Waals surface area contributed by atoms with E-state index in [1.54, 1.807) is 14.2 Å². The summed E-state index contributed by atoms with van der Waals surface area (Å²) in [4.78, 5) is 0. The minimum Gasteiger partial charge on any atom is -0.497 e. The third kappa shape index (κ3) is 3.32. The Balaban J connectivity index is 2.15. The van der Waals surface area contributed by atoms with Crippen molar-refractivity contribution in [2.45, 2.75) is 13.1 Å². The van der Waals surface area contributed by atoms with Gasteiger partial charge in [-0.15, -0.1) is 0 Å². The molecule has 0 amide bonds. The quantitative estimate of drug-likeness (QED) is 0.788. The number of hydrogen-bond donors (Lipinski definition) is 0. The van der Waals surface area contributed by atoms with Gasteiger partial charge in [0.05, 0.1) is 30.8 Å². The third-order valence-corrected chi connectivity index (χ3v) is 12.2. The van der Waals surface area contributed by atoms with E-state index in [1.807, 2.05) is 0 Å². The number of hydrogen-bond acceptors (Lipinski definition) is 2. The molecule has 4 heteroatoms. The second-order valence-electron chi connectivity index (χ2n) is 4.71. The summed E-state index contributed by atoms with van der Waals surface area (Å²) < 4.78 is 10.5. The minimum absolute atomic E-state index is 0.535. The molecule has 0 saturated carbocycles. The van der Waals surface area contributed by atoms with E-state index in [0.29, 0.717) is 0 Å². The van der Waals surface area contributed by atoms with Crippen LogP contribution in [0.4, 0.5) is 0 Å². The van der Waals surface area contributed by atoms with Crippen molar-refractivity contribution in [3.05, 3.63) is 48.5 Å². The van der Waals surface area contributed by atoms with Crippen molar-refractivity contribution in [2.75, 3.05) is 14.2 Å². The molecule has 2 radical (unpaired) electrons. The summed E-state index contributed by atoms with van der Waals surface area (Å²) in [7, 11) is 2.34. The van der Waals surface area contributed by atoms with Crippen LogP contribution in [-0.4, -0.2) is 30.8 Å². The lowest BCUT2D eigenvalue weighted by Crippen LogP contribution is -2.48. The number of methoxy groups -OCH3 is 2. The van der Waals surface area contributed by atoms with Crippen LogP contribution in [0.1, 0.15) is 0 Å². The van der Waals surface area contributed by atoms with Crippen molar-refractivity contribution < 1.29 is 9.47 Å². The van der Waals surface area contributed by atoms with Crippen LogP contribution < -0.4 is 19.8 Å². The van der Waals surface area contributed by atoms with Crippen molar-refractivity contribution in [3.8, 4) is 11.5 Å². The highest BCUT2D eigenvalue weighted by Crippen LogP contribution is 2.09. The first-order valence-electron chi connectivity index (χ1n) is 6.62. The molecule has 0 fully saturated rings. The van der Waals surface area contributed by atoms with Crippen LogP contribution in [0.5, 0.6) is 11.5 Å². The predicted octanol–water partition coefficient (Wildman–Crippen LogP) is 2.15. The molecule has 0 bridgehead atoms. The fraction of sp³-hybridized carbons (Fsp3) is 0.250. The molecule has 0 atom stereocenters. The molecular formula is C16H20O2Si2. The lowest BCUT2D eigenvalue weighted by molar-refractivity contribution is 0.415. The summed E-state index contributed by atoms with van der Waals surface area (Å²) in [6.07, 6.45) is 0. The van der Waals surface area contributed by atoms with E-state index >= 15 is 0 Å². The Morgan fingerprint density at radius 2 is 0.900 bits per heavy atom. The molecule has 104 valence electrons. The second-order valence-corrected chi connectivity index (χ2v) is 12.9. The fourth-order valence-corrected chi connectivity index (χ4v) is 7.91. The molecule has 0 aliphatic carbocycles. The smallest absolute Gasteiger partial charge is 0.118 e. The average molecular weight is 301 g/mol. The third-order valence-electron chi connectivity index (χ3n) is 3.61. The monoisotopic (exact) mass is 300 g/mol. The van der Waals surface area contributed by atoms with Crippen LogP contribution in [-0.2, 0) is 0 Å². The van der Waals surface area contributed by atoms with Gasteiger partial charge in [-0.25, -0.2) is 0 Å². The average Bonchev–Trinajstić information content (AvgIpc) is 2.53. The van der Waals surface area contributed by atoms with Crippen molar-refractivity contribution >= 4 is 27.0 Å². The van der Waals surface area contributed by atoms with Crippen LogP contribution in [0.25, 0.3) is 0 Å². The van der Waals surface area contributed by atoms with Crippen LogP contribution in [0, 0.1) is 0 Å². The topological polar surface area (TPSA) is 18.5 Å². The lowest BCUT2D eigenvalue weighted by atomic mass is 10.3. The number of benzene rings is 2. The van der Waals surface area contributed by atoms with Crippen molar-refractivity contribution in [2.24, 2.45) is 0 Å². The summed E-state index contributed by atoms with van der Waals surface area (Å²) in [5.41, 5.74) is 0. The van der Waals surface area contributed by atoms with Crippen molar-refractivity contribution in [1.29, 1.82) is 0 Å². The van der Waals surface area contributed by atoms with E-state index in [2.05, 4.69) is 61.6 Å². The summed E-state index contributed by atoms with van der Waals surface area (Å²) in [6.45, 7) is 4.82. The minimum atomic E-state index is -0.535. The van der Waals surface area contributed by atoms with Gasteiger partial charge in [-0.05, 0) is 24.3 Å². The number of rotatable bonds is 5. The van der Waals surface area contributed by atoms with Crippen molar-refractivity contribution in [3.63, 3.8) is 0 Å². The fourth-order valence-electron chi connectivity index (χ4n) is 2.12. The van der Waals surface area contributed by atoms with Gasteiger partial charge in [0.2, 0.25) is 0 Å². The van der Waals surface area contributed by atoms with Gasteiger partial charge in [-0.3, -0.25) is 0 Å². The zero-order chi connectivity index (χ0) is 14.5. The van der Waals surface area contributed by atoms with Crippen LogP contribution >= 0.6 is 0 Å². The zero-order valence-corrected chi connectivity index (χ0v) is 14.4. The normalized spacial score (nSPS) is 10.9. The van der Waals surface area contributed by atoms with Gasteiger partial charge >= 0.3 is 0 Å². The Kier molecular flexibility index (Phi) is 5.03. The van der Waals surface area contributed by atoms with Gasteiger partial charge in [0.15, 0.2) is 0 Å². The van der Waals surface area contributed by atoms with E-state index in [9.17, 15) is 0 Å². The van der Waals surface area contributed by atoms with Gasteiger partial charge < -0.3 is 9.47 Å². The zero-order valence-electron chi connectivity index (χ0n) is 12.4. The first kappa shape index (κ1) is 14.9. The maximum atomic E-state index is 5.23. The van der Waals surface area contributed by atoms with E-state index in [1.165, 1.54) is 10.4 Å². The molecule has 0 saturated heterocycles. The molecule has 0 aliphatic rings. The molecule has 0 spiro atoms. The Morgan fingerprint density at radius 1 is 0.600 bits per heavy atom. The van der Waals surface area contributed by atoms with Gasteiger partial charge in [0, 0.05) is 0 Å². The Labute approximate surface area is 124 Å². The Hall–Kier alpha value is -1.53. The summed E-state index contributed by atoms with van der Waals surface area (Å²) in [5.74, 6) is 1.86. The largest absolute Gasteiger partial charge is 0.497 e. The molecule has 0 N–H and O–H groups in total. The van der Waals surface area contributed by atoms with E-state index in [0.717, 1.165) is 11.5 Å². The molecule has 0 aliphatic heterocycles. The highest BCUT2D eigenvalue weighted by atomic mass is 29.2. The summed E-state index contributed by atoms with van der Waals surface area (Å²) in [5, 5.41) is 2.95. The van der Waals surface area contributed by atoms with E-state index in [4.69, 9.17) is 9.47 Å². The molecule has 0 unspecified atom stereocenters. The molecule has 2 rings (SSSR count). The predicted molar refractivity (Wildman–Crippen MR) is 88.5 cm³/mol. The molecule has 20 heavy (non-hydrogen) atoms. The van der Waals surface area contributed by atoms with Gasteiger partial charge in [-0.1, -0.05) is 47.7 Å². The first-order chi connectivity index (χ1) is 9.65. The molecular weight excluding hydrogens is 280 g/mol. The maximum Gasteiger partial charge on any atom is 0.118 e. The SMILES string of the molecule is COc1ccc([Si](C)[Si](C)c2ccc(OC)cc2)cc1. The molecule has 0 heterocycles. The standard InChI is InChI=1S/C16H20O2Si2/c1-17-13-5-9-15(10-6-13)19(3)20(4)16-11-7-14(18-2)8-12-16/h5-12H,1-4H3. The van der Waals surface area contributed by atoms with Crippen molar-refractivity contribution in [1.82, 2.24) is 0 Å². The lowest BCUT2D eigenvalue weighted by Gasteiger charge is -2.18. The van der Waals surface area contributed by atoms with Gasteiger partial charge in [0.25, 0.3) is 0 Å². The molecule has 0 aromatic heterocycles.